The molecule has 1 fully saturated rings. The van der Waals surface area contributed by atoms with Gasteiger partial charge in [-0.25, -0.2) is 4.98 Å². The van der Waals surface area contributed by atoms with Gasteiger partial charge in [0.15, 0.2) is 0 Å². The molecule has 1 aromatic heterocycles. The molecule has 3 aromatic rings. The van der Waals surface area contributed by atoms with E-state index >= 15 is 0 Å². The summed E-state index contributed by atoms with van der Waals surface area (Å²) in [7, 11) is 0. The van der Waals surface area contributed by atoms with Crippen molar-refractivity contribution in [3.63, 3.8) is 0 Å². The van der Waals surface area contributed by atoms with E-state index in [9.17, 15) is 19.5 Å². The number of likely N-dealkylation sites (tertiary alicyclic amines) is 1. The van der Waals surface area contributed by atoms with Crippen molar-refractivity contribution in [1.29, 1.82) is 0 Å². The number of carbonyl (C=O) groups excluding carboxylic acids is 3. The number of amides is 3. The summed E-state index contributed by atoms with van der Waals surface area (Å²) in [6, 6.07) is 14.1. The number of β-amino-alcohol motifs (C(OH)–C–C–N with tert-alkyl or cyclic N) is 1. The number of nitrogen functional groups attached to an aromatic ring is 1. The molecule has 54 heavy (non-hydrogen) atoms. The Kier molecular flexibility index (Phi) is 17.3. The Bertz CT molecular complexity index is 1600. The van der Waals surface area contributed by atoms with Gasteiger partial charge in [-0.1, -0.05) is 45.0 Å². The Hall–Kier alpha value is -3.96. The summed E-state index contributed by atoms with van der Waals surface area (Å²) in [5.41, 5.74) is 11.4. The van der Waals surface area contributed by atoms with Crippen LogP contribution in [0.2, 0.25) is 0 Å². The van der Waals surface area contributed by atoms with Crippen molar-refractivity contribution in [3.05, 3.63) is 70.9 Å². The Morgan fingerprint density at radius 3 is 2.22 bits per heavy atom. The van der Waals surface area contributed by atoms with Gasteiger partial charge in [-0.15, -0.1) is 11.3 Å². The van der Waals surface area contributed by atoms with Gasteiger partial charge in [0.2, 0.25) is 11.8 Å². The van der Waals surface area contributed by atoms with Crippen LogP contribution in [0.3, 0.4) is 0 Å². The van der Waals surface area contributed by atoms with E-state index < -0.39 is 17.6 Å². The average molecular weight is 768 g/mol. The van der Waals surface area contributed by atoms with E-state index in [4.69, 9.17) is 19.9 Å². The van der Waals surface area contributed by atoms with Gasteiger partial charge in [-0.2, -0.15) is 0 Å². The van der Waals surface area contributed by atoms with Gasteiger partial charge in [0, 0.05) is 50.0 Å². The fraction of sp³-hybridized carbons (Fsp3) is 0.538. The SMILES string of the molecule is Cc1ncsc1-c1ccc(CNC[C@@H]2C[C@@H](O)CN2C(=O)[C@@H](NC(=O)CNCCOCCOCCOCCNC(=O)c2ccc(N)cc2)C(C)(C)C)cc1. The van der Waals surface area contributed by atoms with Crippen LogP contribution in [0.1, 0.15) is 48.8 Å². The van der Waals surface area contributed by atoms with E-state index in [1.807, 2.05) is 33.2 Å². The van der Waals surface area contributed by atoms with Crippen LogP contribution in [-0.4, -0.2) is 123 Å². The molecule has 0 bridgehead atoms. The number of aryl methyl sites for hydroxylation is 1. The lowest BCUT2D eigenvalue weighted by Gasteiger charge is -2.36. The molecule has 0 saturated carbocycles. The minimum Gasteiger partial charge on any atom is -0.399 e. The van der Waals surface area contributed by atoms with Crippen LogP contribution in [0.4, 0.5) is 5.69 Å². The molecule has 7 N–H and O–H groups in total. The Labute approximate surface area is 322 Å². The first-order valence-corrected chi connectivity index (χ1v) is 19.4. The van der Waals surface area contributed by atoms with Gasteiger partial charge in [0.25, 0.3) is 5.91 Å². The topological polar surface area (TPSA) is 189 Å². The van der Waals surface area contributed by atoms with Gasteiger partial charge in [-0.05, 0) is 54.2 Å². The predicted octanol–water partition coefficient (Wildman–Crippen LogP) is 2.35. The summed E-state index contributed by atoms with van der Waals surface area (Å²) < 4.78 is 16.6. The van der Waals surface area contributed by atoms with Gasteiger partial charge >= 0.3 is 0 Å². The summed E-state index contributed by atoms with van der Waals surface area (Å²) >= 11 is 1.63. The van der Waals surface area contributed by atoms with Crippen LogP contribution in [0.5, 0.6) is 0 Å². The molecule has 3 amide bonds. The highest BCUT2D eigenvalue weighted by molar-refractivity contribution is 7.13. The second-order valence-corrected chi connectivity index (χ2v) is 15.2. The Morgan fingerprint density at radius 1 is 0.944 bits per heavy atom. The molecule has 4 rings (SSSR count). The molecule has 2 heterocycles. The minimum absolute atomic E-state index is 0.0342. The summed E-state index contributed by atoms with van der Waals surface area (Å²) in [6.07, 6.45) is -0.145. The second kappa shape index (κ2) is 21.8. The second-order valence-electron chi connectivity index (χ2n) is 14.4. The zero-order chi connectivity index (χ0) is 38.9. The molecule has 14 nitrogen and oxygen atoms in total. The maximum Gasteiger partial charge on any atom is 0.251 e. The van der Waals surface area contributed by atoms with Gasteiger partial charge < -0.3 is 51.2 Å². The van der Waals surface area contributed by atoms with E-state index in [1.165, 1.54) is 4.88 Å². The zero-order valence-corrected chi connectivity index (χ0v) is 32.7. The zero-order valence-electron chi connectivity index (χ0n) is 31.9. The van der Waals surface area contributed by atoms with Crippen molar-refractivity contribution in [2.75, 3.05) is 78.1 Å². The number of nitrogens with zero attached hydrogens (tertiary/aromatic N) is 2. The normalized spacial score (nSPS) is 16.4. The molecule has 1 aliphatic rings. The largest absolute Gasteiger partial charge is 0.399 e. The van der Waals surface area contributed by atoms with Crippen molar-refractivity contribution in [1.82, 2.24) is 31.2 Å². The number of benzene rings is 2. The third kappa shape index (κ3) is 14.0. The summed E-state index contributed by atoms with van der Waals surface area (Å²) in [5, 5.41) is 22.8. The fourth-order valence-electron chi connectivity index (χ4n) is 5.98. The lowest BCUT2D eigenvalue weighted by atomic mass is 9.85. The molecular formula is C39H57N7O7S. The number of hydrogen-bond acceptors (Lipinski definition) is 12. The highest BCUT2D eigenvalue weighted by atomic mass is 32.1. The van der Waals surface area contributed by atoms with E-state index in [-0.39, 0.29) is 36.9 Å². The van der Waals surface area contributed by atoms with E-state index in [2.05, 4.69) is 50.5 Å². The van der Waals surface area contributed by atoms with Gasteiger partial charge in [-0.3, -0.25) is 14.4 Å². The van der Waals surface area contributed by atoms with Crippen LogP contribution in [0.15, 0.2) is 54.0 Å². The number of hydrogen-bond donors (Lipinski definition) is 6. The molecule has 0 radical (unpaired) electrons. The molecule has 2 aromatic carbocycles. The summed E-state index contributed by atoms with van der Waals surface area (Å²) in [4.78, 5) is 46.0. The number of aromatic nitrogens is 1. The predicted molar refractivity (Wildman–Crippen MR) is 210 cm³/mol. The van der Waals surface area contributed by atoms with E-state index in [0.717, 1.165) is 16.8 Å². The number of aliphatic hydroxyl groups is 1. The average Bonchev–Trinajstić information content (AvgIpc) is 3.74. The number of nitrogens with one attached hydrogen (secondary N) is 4. The number of aliphatic hydroxyl groups excluding tert-OH is 1. The van der Waals surface area contributed by atoms with Crippen molar-refractivity contribution >= 4 is 34.7 Å². The van der Waals surface area contributed by atoms with E-state index in [0.29, 0.717) is 83.5 Å². The molecule has 296 valence electrons. The number of nitrogens with two attached hydrogens (primary N) is 1. The van der Waals surface area contributed by atoms with Crippen molar-refractivity contribution < 1.29 is 33.7 Å². The van der Waals surface area contributed by atoms with Crippen LogP contribution in [-0.2, 0) is 30.3 Å². The quantitative estimate of drug-likeness (QED) is 0.0651. The molecule has 0 spiro atoms. The monoisotopic (exact) mass is 767 g/mol. The molecular weight excluding hydrogens is 711 g/mol. The lowest BCUT2D eigenvalue weighted by Crippen LogP contribution is -2.57. The number of carbonyl (C=O) groups is 3. The highest BCUT2D eigenvalue weighted by Gasteiger charge is 2.41. The molecule has 1 saturated heterocycles. The van der Waals surface area contributed by atoms with E-state index in [1.54, 1.807) is 40.5 Å². The summed E-state index contributed by atoms with van der Waals surface area (Å²) in [5.74, 6) is -0.665. The van der Waals surface area contributed by atoms with Gasteiger partial charge in [0.1, 0.15) is 6.04 Å². The summed E-state index contributed by atoms with van der Waals surface area (Å²) in [6.45, 7) is 12.4. The first kappa shape index (κ1) is 42.8. The van der Waals surface area contributed by atoms with Crippen molar-refractivity contribution in [2.45, 2.75) is 58.8 Å². The van der Waals surface area contributed by atoms with Crippen molar-refractivity contribution in [2.24, 2.45) is 5.41 Å². The Morgan fingerprint density at radius 2 is 1.59 bits per heavy atom. The fourth-order valence-corrected chi connectivity index (χ4v) is 6.79. The first-order chi connectivity index (χ1) is 25.9. The van der Waals surface area contributed by atoms with Crippen LogP contribution in [0.25, 0.3) is 10.4 Å². The van der Waals surface area contributed by atoms with Crippen molar-refractivity contribution in [3.8, 4) is 10.4 Å². The number of anilines is 1. The standard InChI is InChI=1S/C39H57N7O7S/c1-27-35(54-26-44-27)29-7-5-28(6-8-29)22-42-23-32-21-33(47)25-46(32)38(50)36(39(2,3)4)45-34(48)24-41-13-15-51-17-19-53-20-18-52-16-14-43-37(49)30-9-11-31(40)12-10-30/h5-12,26,32-33,36,41-42,47H,13-25,40H2,1-4H3,(H,43,49)(H,45,48)/t32-,33+,36+/m0/s1. The maximum atomic E-state index is 13.9. The van der Waals surface area contributed by atoms with Gasteiger partial charge in [0.05, 0.1) is 68.4 Å². The number of ether oxygens (including phenoxy) is 3. The number of thiazole rings is 1. The van der Waals surface area contributed by atoms with Crippen LogP contribution >= 0.6 is 11.3 Å². The highest BCUT2D eigenvalue weighted by Crippen LogP contribution is 2.28. The number of rotatable bonds is 22. The molecule has 15 heteroatoms. The maximum absolute atomic E-state index is 13.9. The lowest BCUT2D eigenvalue weighted by molar-refractivity contribution is -0.140. The third-order valence-electron chi connectivity index (χ3n) is 8.92. The molecule has 0 unspecified atom stereocenters. The van der Waals surface area contributed by atoms with Crippen LogP contribution < -0.4 is 27.0 Å². The smallest absolute Gasteiger partial charge is 0.251 e. The van der Waals surface area contributed by atoms with Crippen LogP contribution in [0, 0.1) is 12.3 Å². The molecule has 3 atom stereocenters. The third-order valence-corrected chi connectivity index (χ3v) is 9.90. The minimum atomic E-state index is -0.756. The Balaban J connectivity index is 1.06. The molecule has 0 aliphatic carbocycles. The molecule has 1 aliphatic heterocycles. The first-order valence-electron chi connectivity index (χ1n) is 18.5.